The van der Waals surface area contributed by atoms with Crippen LogP contribution in [0.3, 0.4) is 0 Å². The number of nitrogens with zero attached hydrogens (tertiary/aromatic N) is 1. The van der Waals surface area contributed by atoms with Gasteiger partial charge in [0.1, 0.15) is 0 Å². The molecule has 0 saturated heterocycles. The average molecular weight is 254 g/mol. The summed E-state index contributed by atoms with van der Waals surface area (Å²) in [5.41, 5.74) is 6.31. The second-order valence-corrected chi connectivity index (χ2v) is 6.81. The highest BCUT2D eigenvalue weighted by molar-refractivity contribution is 4.91. The van der Waals surface area contributed by atoms with Crippen molar-refractivity contribution in [3.05, 3.63) is 0 Å². The van der Waals surface area contributed by atoms with Crippen molar-refractivity contribution >= 4 is 0 Å². The molecule has 0 radical (unpaired) electrons. The molecular weight excluding hydrogens is 220 g/mol. The summed E-state index contributed by atoms with van der Waals surface area (Å²) in [6.45, 7) is 10.2. The second-order valence-electron chi connectivity index (χ2n) is 6.81. The van der Waals surface area contributed by atoms with Gasteiger partial charge in [-0.15, -0.1) is 0 Å². The van der Waals surface area contributed by atoms with E-state index in [1.807, 2.05) is 0 Å². The molecule has 0 spiro atoms. The molecule has 0 aromatic heterocycles. The maximum absolute atomic E-state index is 6.01. The van der Waals surface area contributed by atoms with Crippen molar-refractivity contribution in [3.63, 3.8) is 0 Å². The molecule has 0 aliphatic heterocycles. The van der Waals surface area contributed by atoms with Crippen LogP contribution in [0, 0.1) is 11.8 Å². The van der Waals surface area contributed by atoms with Gasteiger partial charge in [0.2, 0.25) is 0 Å². The van der Waals surface area contributed by atoms with Gasteiger partial charge in [0.05, 0.1) is 0 Å². The molecule has 1 aliphatic rings. The summed E-state index contributed by atoms with van der Waals surface area (Å²) in [7, 11) is 2.31. The van der Waals surface area contributed by atoms with E-state index in [0.717, 1.165) is 12.5 Å². The summed E-state index contributed by atoms with van der Waals surface area (Å²) in [5.74, 6) is 1.63. The molecule has 1 aliphatic carbocycles. The number of nitrogens with two attached hydrogens (primary N) is 1. The van der Waals surface area contributed by atoms with Crippen molar-refractivity contribution in [1.82, 2.24) is 4.90 Å². The van der Waals surface area contributed by atoms with Crippen LogP contribution in [0.4, 0.5) is 0 Å². The van der Waals surface area contributed by atoms with Crippen molar-refractivity contribution in [1.29, 1.82) is 0 Å². The predicted octanol–water partition coefficient (Wildman–Crippen LogP) is 3.65. The molecule has 0 aromatic carbocycles. The first-order valence-electron chi connectivity index (χ1n) is 7.89. The molecule has 0 amide bonds. The van der Waals surface area contributed by atoms with E-state index in [-0.39, 0.29) is 0 Å². The van der Waals surface area contributed by atoms with Crippen LogP contribution in [0.15, 0.2) is 0 Å². The number of hydrogen-bond donors (Lipinski definition) is 1. The molecule has 3 atom stereocenters. The predicted molar refractivity (Wildman–Crippen MR) is 80.7 cm³/mol. The lowest BCUT2D eigenvalue weighted by Gasteiger charge is -2.47. The summed E-state index contributed by atoms with van der Waals surface area (Å²) in [6.07, 6.45) is 8.01. The van der Waals surface area contributed by atoms with E-state index in [1.54, 1.807) is 0 Å². The van der Waals surface area contributed by atoms with Crippen LogP contribution in [0.1, 0.15) is 66.2 Å². The fourth-order valence-electron chi connectivity index (χ4n) is 3.41. The Morgan fingerprint density at radius 3 is 2.39 bits per heavy atom. The third-order valence-electron chi connectivity index (χ3n) is 5.38. The van der Waals surface area contributed by atoms with Gasteiger partial charge in [0, 0.05) is 11.6 Å². The average Bonchev–Trinajstić information content (AvgIpc) is 2.38. The van der Waals surface area contributed by atoms with E-state index in [0.29, 0.717) is 17.5 Å². The van der Waals surface area contributed by atoms with Crippen LogP contribution in [-0.4, -0.2) is 30.1 Å². The van der Waals surface area contributed by atoms with Crippen LogP contribution in [-0.2, 0) is 0 Å². The maximum Gasteiger partial charge on any atom is 0.0150 e. The standard InChI is InChI=1S/C16H34N2/c1-6-8-13-9-10-14(12-17)15(11-13)18(5)16(3,4)7-2/h13-15H,6-12,17H2,1-5H3. The summed E-state index contributed by atoms with van der Waals surface area (Å²) >= 11 is 0. The van der Waals surface area contributed by atoms with Gasteiger partial charge in [-0.25, -0.2) is 0 Å². The zero-order valence-electron chi connectivity index (χ0n) is 13.2. The van der Waals surface area contributed by atoms with Gasteiger partial charge in [-0.1, -0.05) is 33.1 Å². The fourth-order valence-corrected chi connectivity index (χ4v) is 3.41. The Bertz CT molecular complexity index is 237. The van der Waals surface area contributed by atoms with Gasteiger partial charge in [-0.2, -0.15) is 0 Å². The minimum atomic E-state index is 0.298. The zero-order chi connectivity index (χ0) is 13.8. The Balaban J connectivity index is 2.73. The van der Waals surface area contributed by atoms with E-state index in [4.69, 9.17) is 5.73 Å². The molecule has 0 aromatic rings. The molecule has 0 bridgehead atoms. The molecule has 1 saturated carbocycles. The van der Waals surface area contributed by atoms with Gasteiger partial charge < -0.3 is 5.73 Å². The summed E-state index contributed by atoms with van der Waals surface area (Å²) in [5, 5.41) is 0. The first-order chi connectivity index (χ1) is 8.46. The van der Waals surface area contributed by atoms with Gasteiger partial charge in [0.15, 0.2) is 0 Å². The van der Waals surface area contributed by atoms with Gasteiger partial charge in [-0.05, 0) is 58.5 Å². The summed E-state index contributed by atoms with van der Waals surface area (Å²) in [6, 6.07) is 0.690. The number of rotatable bonds is 6. The first-order valence-corrected chi connectivity index (χ1v) is 7.89. The van der Waals surface area contributed by atoms with E-state index in [1.165, 1.54) is 38.5 Å². The highest BCUT2D eigenvalue weighted by atomic mass is 15.2. The second kappa shape index (κ2) is 6.91. The lowest BCUT2D eigenvalue weighted by Crippen LogP contribution is -2.53. The highest BCUT2D eigenvalue weighted by Crippen LogP contribution is 2.36. The third kappa shape index (κ3) is 3.71. The Kier molecular flexibility index (Phi) is 6.13. The monoisotopic (exact) mass is 254 g/mol. The van der Waals surface area contributed by atoms with Crippen LogP contribution in [0.25, 0.3) is 0 Å². The van der Waals surface area contributed by atoms with Crippen molar-refractivity contribution in [2.45, 2.75) is 77.8 Å². The van der Waals surface area contributed by atoms with E-state index in [9.17, 15) is 0 Å². The normalized spacial score (nSPS) is 29.8. The summed E-state index contributed by atoms with van der Waals surface area (Å²) < 4.78 is 0. The van der Waals surface area contributed by atoms with E-state index < -0.39 is 0 Å². The Morgan fingerprint density at radius 2 is 1.89 bits per heavy atom. The van der Waals surface area contributed by atoms with Crippen LogP contribution in [0.5, 0.6) is 0 Å². The number of hydrogen-bond acceptors (Lipinski definition) is 2. The van der Waals surface area contributed by atoms with Gasteiger partial charge in [-0.3, -0.25) is 4.90 Å². The Labute approximate surface area is 114 Å². The molecule has 0 heterocycles. The van der Waals surface area contributed by atoms with Crippen molar-refractivity contribution in [2.24, 2.45) is 17.6 Å². The summed E-state index contributed by atoms with van der Waals surface area (Å²) in [4.78, 5) is 2.62. The smallest absolute Gasteiger partial charge is 0.0150 e. The first kappa shape index (κ1) is 16.0. The van der Waals surface area contributed by atoms with Crippen molar-refractivity contribution in [2.75, 3.05) is 13.6 Å². The van der Waals surface area contributed by atoms with Gasteiger partial charge >= 0.3 is 0 Å². The van der Waals surface area contributed by atoms with Gasteiger partial charge in [0.25, 0.3) is 0 Å². The van der Waals surface area contributed by atoms with E-state index in [2.05, 4.69) is 39.6 Å². The van der Waals surface area contributed by atoms with Crippen molar-refractivity contribution in [3.8, 4) is 0 Å². The molecule has 2 heteroatoms. The Hall–Kier alpha value is -0.0800. The molecule has 2 N–H and O–H groups in total. The molecule has 3 unspecified atom stereocenters. The molecule has 1 rings (SSSR count). The lowest BCUT2D eigenvalue weighted by molar-refractivity contribution is 0.0257. The molecule has 1 fully saturated rings. The minimum Gasteiger partial charge on any atom is -0.330 e. The quantitative estimate of drug-likeness (QED) is 0.784. The molecule has 18 heavy (non-hydrogen) atoms. The fraction of sp³-hybridized carbons (Fsp3) is 1.00. The Morgan fingerprint density at radius 1 is 1.22 bits per heavy atom. The third-order valence-corrected chi connectivity index (χ3v) is 5.38. The zero-order valence-corrected chi connectivity index (χ0v) is 13.2. The molecule has 2 nitrogen and oxygen atoms in total. The van der Waals surface area contributed by atoms with E-state index >= 15 is 0 Å². The lowest BCUT2D eigenvalue weighted by atomic mass is 9.75. The molecule has 108 valence electrons. The van der Waals surface area contributed by atoms with Crippen molar-refractivity contribution < 1.29 is 0 Å². The maximum atomic E-state index is 6.01. The van der Waals surface area contributed by atoms with Crippen LogP contribution < -0.4 is 5.73 Å². The minimum absolute atomic E-state index is 0.298. The largest absolute Gasteiger partial charge is 0.330 e. The topological polar surface area (TPSA) is 29.3 Å². The highest BCUT2D eigenvalue weighted by Gasteiger charge is 2.36. The molecular formula is C16H34N2. The SMILES string of the molecule is CCCC1CCC(CN)C(N(C)C(C)(C)CC)C1. The van der Waals surface area contributed by atoms with Crippen LogP contribution >= 0.6 is 0 Å². The van der Waals surface area contributed by atoms with Crippen LogP contribution in [0.2, 0.25) is 0 Å².